The van der Waals surface area contributed by atoms with Gasteiger partial charge < -0.3 is 10.1 Å². The third-order valence-corrected chi connectivity index (χ3v) is 2.50. The van der Waals surface area contributed by atoms with E-state index in [0.29, 0.717) is 11.4 Å². The highest BCUT2D eigenvalue weighted by Gasteiger charge is 2.27. The second kappa shape index (κ2) is 5.08. The van der Waals surface area contributed by atoms with Gasteiger partial charge in [-0.1, -0.05) is 20.8 Å². The summed E-state index contributed by atoms with van der Waals surface area (Å²) in [5, 5.41) is 2.37. The van der Waals surface area contributed by atoms with Crippen molar-refractivity contribution < 1.29 is 17.9 Å². The average Bonchev–Trinajstić information content (AvgIpc) is 2.24. The Hall–Kier alpha value is -1.39. The number of hydrogen-bond donors (Lipinski definition) is 1. The van der Waals surface area contributed by atoms with Crippen LogP contribution in [0.2, 0.25) is 0 Å². The zero-order valence-electron chi connectivity index (χ0n) is 11.0. The van der Waals surface area contributed by atoms with Crippen molar-refractivity contribution in [2.45, 2.75) is 32.4 Å². The first-order valence-corrected chi connectivity index (χ1v) is 5.62. The number of benzene rings is 1. The van der Waals surface area contributed by atoms with Crippen molar-refractivity contribution >= 4 is 5.69 Å². The predicted octanol–water partition coefficient (Wildman–Crippen LogP) is 3.97. The second-order valence-electron chi connectivity index (χ2n) is 5.13. The molecule has 0 spiro atoms. The normalized spacial score (nSPS) is 12.4. The van der Waals surface area contributed by atoms with E-state index in [1.165, 1.54) is 0 Å². The summed E-state index contributed by atoms with van der Waals surface area (Å²) >= 11 is 0. The second-order valence-corrected chi connectivity index (χ2v) is 5.13. The van der Waals surface area contributed by atoms with Gasteiger partial charge in [-0.25, -0.2) is 0 Å². The van der Waals surface area contributed by atoms with Crippen molar-refractivity contribution in [1.82, 2.24) is 0 Å². The van der Waals surface area contributed by atoms with Crippen LogP contribution in [0.3, 0.4) is 0 Å². The molecule has 0 radical (unpaired) electrons. The van der Waals surface area contributed by atoms with Crippen LogP contribution in [0.15, 0.2) is 18.2 Å². The Labute approximate surface area is 105 Å². The van der Waals surface area contributed by atoms with Gasteiger partial charge in [0.2, 0.25) is 0 Å². The Morgan fingerprint density at radius 1 is 1.17 bits per heavy atom. The average molecular weight is 261 g/mol. The van der Waals surface area contributed by atoms with Gasteiger partial charge in [-0.15, -0.1) is 0 Å². The molecule has 102 valence electrons. The number of ether oxygens (including phenoxy) is 1. The van der Waals surface area contributed by atoms with E-state index in [-0.39, 0.29) is 5.41 Å². The predicted molar refractivity (Wildman–Crippen MR) is 66.2 cm³/mol. The smallest absolute Gasteiger partial charge is 0.405 e. The van der Waals surface area contributed by atoms with Gasteiger partial charge in [0.1, 0.15) is 12.3 Å². The SMILES string of the molecule is COc1ccc(NCC(F)(F)F)cc1C(C)(C)C. The third-order valence-electron chi connectivity index (χ3n) is 2.50. The first-order chi connectivity index (χ1) is 8.13. The molecule has 1 N–H and O–H groups in total. The number of hydrogen-bond acceptors (Lipinski definition) is 2. The van der Waals surface area contributed by atoms with Crippen LogP contribution in [0, 0.1) is 0 Å². The molecule has 0 atom stereocenters. The van der Waals surface area contributed by atoms with E-state index in [1.807, 2.05) is 20.8 Å². The van der Waals surface area contributed by atoms with Crippen molar-refractivity contribution in [2.75, 3.05) is 19.0 Å². The molecule has 1 rings (SSSR count). The molecule has 0 unspecified atom stereocenters. The van der Waals surface area contributed by atoms with E-state index in [4.69, 9.17) is 4.74 Å². The van der Waals surface area contributed by atoms with Gasteiger partial charge >= 0.3 is 6.18 Å². The first kappa shape index (κ1) is 14.7. The van der Waals surface area contributed by atoms with Crippen LogP contribution in [0.4, 0.5) is 18.9 Å². The minimum atomic E-state index is -4.22. The van der Waals surface area contributed by atoms with Crippen LogP contribution >= 0.6 is 0 Å². The standard InChI is InChI=1S/C13H18F3NO/c1-12(2,3)10-7-9(5-6-11(10)18-4)17-8-13(14,15)16/h5-7,17H,8H2,1-4H3. The molecule has 18 heavy (non-hydrogen) atoms. The van der Waals surface area contributed by atoms with Gasteiger partial charge in [0.25, 0.3) is 0 Å². The molecule has 0 amide bonds. The number of rotatable bonds is 3. The van der Waals surface area contributed by atoms with E-state index >= 15 is 0 Å². The lowest BCUT2D eigenvalue weighted by atomic mass is 9.86. The summed E-state index contributed by atoms with van der Waals surface area (Å²) in [6.07, 6.45) is -4.22. The van der Waals surface area contributed by atoms with Gasteiger partial charge in [-0.3, -0.25) is 0 Å². The Kier molecular flexibility index (Phi) is 4.14. The molecular formula is C13H18F3NO. The molecule has 5 heteroatoms. The van der Waals surface area contributed by atoms with Gasteiger partial charge in [-0.05, 0) is 23.6 Å². The molecule has 2 nitrogen and oxygen atoms in total. The highest BCUT2D eigenvalue weighted by Crippen LogP contribution is 2.33. The fraction of sp³-hybridized carbons (Fsp3) is 0.538. The van der Waals surface area contributed by atoms with Crippen molar-refractivity contribution in [2.24, 2.45) is 0 Å². The molecular weight excluding hydrogens is 243 g/mol. The lowest BCUT2D eigenvalue weighted by molar-refractivity contribution is -0.115. The number of anilines is 1. The number of methoxy groups -OCH3 is 1. The molecule has 0 aliphatic carbocycles. The van der Waals surface area contributed by atoms with E-state index in [1.54, 1.807) is 25.3 Å². The van der Waals surface area contributed by atoms with Crippen LogP contribution in [0.5, 0.6) is 5.75 Å². The zero-order valence-corrected chi connectivity index (χ0v) is 11.0. The quantitative estimate of drug-likeness (QED) is 0.889. The van der Waals surface area contributed by atoms with E-state index < -0.39 is 12.7 Å². The van der Waals surface area contributed by atoms with Crippen LogP contribution in [0.25, 0.3) is 0 Å². The molecule has 0 heterocycles. The van der Waals surface area contributed by atoms with Crippen LogP contribution in [-0.2, 0) is 5.41 Å². The van der Waals surface area contributed by atoms with Gasteiger partial charge in [0.15, 0.2) is 0 Å². The lowest BCUT2D eigenvalue weighted by Gasteiger charge is -2.23. The first-order valence-electron chi connectivity index (χ1n) is 5.62. The summed E-state index contributed by atoms with van der Waals surface area (Å²) in [6.45, 7) is 4.91. The molecule has 0 saturated heterocycles. The van der Waals surface area contributed by atoms with Crippen LogP contribution < -0.4 is 10.1 Å². The van der Waals surface area contributed by atoms with E-state index in [9.17, 15) is 13.2 Å². The molecule has 0 saturated carbocycles. The molecule has 0 aliphatic heterocycles. The van der Waals surface area contributed by atoms with Crippen LogP contribution in [-0.4, -0.2) is 19.8 Å². The molecule has 1 aromatic carbocycles. The van der Waals surface area contributed by atoms with Crippen molar-refractivity contribution in [3.8, 4) is 5.75 Å². The maximum atomic E-state index is 12.1. The maximum Gasteiger partial charge on any atom is 0.405 e. The monoisotopic (exact) mass is 261 g/mol. The Morgan fingerprint density at radius 2 is 1.78 bits per heavy atom. The molecule has 0 aromatic heterocycles. The van der Waals surface area contributed by atoms with E-state index in [2.05, 4.69) is 5.32 Å². The Bertz CT molecular complexity index is 408. The fourth-order valence-electron chi connectivity index (χ4n) is 1.61. The van der Waals surface area contributed by atoms with Gasteiger partial charge in [0.05, 0.1) is 7.11 Å². The minimum Gasteiger partial charge on any atom is -0.496 e. The largest absolute Gasteiger partial charge is 0.496 e. The summed E-state index contributed by atoms with van der Waals surface area (Å²) < 4.78 is 41.6. The third kappa shape index (κ3) is 4.13. The van der Waals surface area contributed by atoms with Crippen molar-refractivity contribution in [3.63, 3.8) is 0 Å². The van der Waals surface area contributed by atoms with E-state index in [0.717, 1.165) is 5.56 Å². The molecule has 0 bridgehead atoms. The highest BCUT2D eigenvalue weighted by molar-refractivity contribution is 5.53. The summed E-state index contributed by atoms with van der Waals surface area (Å²) in [6, 6.07) is 4.96. The maximum absolute atomic E-state index is 12.1. The minimum absolute atomic E-state index is 0.193. The zero-order chi connectivity index (χ0) is 14.0. The highest BCUT2D eigenvalue weighted by atomic mass is 19.4. The summed E-state index contributed by atoms with van der Waals surface area (Å²) in [5.74, 6) is 0.681. The van der Waals surface area contributed by atoms with Crippen LogP contribution in [0.1, 0.15) is 26.3 Å². The van der Waals surface area contributed by atoms with Crippen molar-refractivity contribution in [1.29, 1.82) is 0 Å². The molecule has 1 aromatic rings. The Balaban J connectivity index is 2.97. The van der Waals surface area contributed by atoms with Crippen molar-refractivity contribution in [3.05, 3.63) is 23.8 Å². The molecule has 0 fully saturated rings. The summed E-state index contributed by atoms with van der Waals surface area (Å²) in [4.78, 5) is 0. The topological polar surface area (TPSA) is 21.3 Å². The Morgan fingerprint density at radius 3 is 2.22 bits per heavy atom. The van der Waals surface area contributed by atoms with Gasteiger partial charge in [-0.2, -0.15) is 13.2 Å². The molecule has 0 aliphatic rings. The van der Waals surface area contributed by atoms with Gasteiger partial charge in [0, 0.05) is 11.3 Å². The fourth-order valence-corrected chi connectivity index (χ4v) is 1.61. The summed E-state index contributed by atoms with van der Waals surface area (Å²) in [5.41, 5.74) is 1.12. The summed E-state index contributed by atoms with van der Waals surface area (Å²) in [7, 11) is 1.55. The number of alkyl halides is 3. The number of halogens is 3. The lowest BCUT2D eigenvalue weighted by Crippen LogP contribution is -2.21. The number of nitrogens with one attached hydrogen (secondary N) is 1.